The van der Waals surface area contributed by atoms with Crippen LogP contribution < -0.4 is 10.6 Å². The Morgan fingerprint density at radius 2 is 2.17 bits per heavy atom. The van der Waals surface area contributed by atoms with Crippen LogP contribution in [0.15, 0.2) is 10.4 Å². The zero-order valence-electron chi connectivity index (χ0n) is 14.6. The third-order valence-corrected chi connectivity index (χ3v) is 4.82. The molecule has 2 rings (SSSR count). The Morgan fingerprint density at radius 1 is 1.43 bits per heavy atom. The number of aliphatic imine (C=N–C) groups is 1. The molecule has 1 saturated carbocycles. The summed E-state index contributed by atoms with van der Waals surface area (Å²) < 4.78 is 0. The predicted octanol–water partition coefficient (Wildman–Crippen LogP) is 3.03. The largest absolute Gasteiger partial charge is 0.355 e. The van der Waals surface area contributed by atoms with E-state index in [1.807, 2.05) is 7.05 Å². The van der Waals surface area contributed by atoms with E-state index in [1.54, 1.807) is 11.3 Å². The molecule has 0 amide bonds. The summed E-state index contributed by atoms with van der Waals surface area (Å²) in [6, 6.07) is 0.826. The van der Waals surface area contributed by atoms with Gasteiger partial charge < -0.3 is 10.6 Å². The van der Waals surface area contributed by atoms with Gasteiger partial charge in [0, 0.05) is 31.6 Å². The van der Waals surface area contributed by atoms with Crippen molar-refractivity contribution in [2.24, 2.45) is 4.99 Å². The Kier molecular flexibility index (Phi) is 9.38. The van der Waals surface area contributed by atoms with Gasteiger partial charge in [-0.15, -0.1) is 35.3 Å². The molecule has 1 heterocycles. The van der Waals surface area contributed by atoms with Crippen molar-refractivity contribution in [3.63, 3.8) is 0 Å². The van der Waals surface area contributed by atoms with E-state index in [9.17, 15) is 0 Å². The first-order valence-corrected chi connectivity index (χ1v) is 9.14. The molecular weight excluding hydrogens is 421 g/mol. The summed E-state index contributed by atoms with van der Waals surface area (Å²) in [4.78, 5) is 11.5. The van der Waals surface area contributed by atoms with Crippen molar-refractivity contribution >= 4 is 41.3 Å². The average molecular weight is 451 g/mol. The molecule has 0 bridgehead atoms. The molecule has 1 aromatic rings. The summed E-state index contributed by atoms with van der Waals surface area (Å²) in [6.45, 7) is 10.5. The number of nitrogens with zero attached hydrogens (tertiary/aromatic N) is 3. The van der Waals surface area contributed by atoms with Crippen LogP contribution in [-0.4, -0.2) is 48.6 Å². The number of thiazole rings is 1. The van der Waals surface area contributed by atoms with Crippen LogP contribution >= 0.6 is 35.3 Å². The Bertz CT molecular complexity index is 485. The van der Waals surface area contributed by atoms with Gasteiger partial charge in [0.15, 0.2) is 5.96 Å². The van der Waals surface area contributed by atoms with Gasteiger partial charge in [-0.2, -0.15) is 0 Å². The Hall–Kier alpha value is -0.410. The van der Waals surface area contributed by atoms with E-state index >= 15 is 0 Å². The van der Waals surface area contributed by atoms with E-state index in [-0.39, 0.29) is 24.0 Å². The number of guanidine groups is 1. The number of hydrogen-bond acceptors (Lipinski definition) is 4. The van der Waals surface area contributed by atoms with Crippen molar-refractivity contribution in [3.05, 3.63) is 16.1 Å². The fourth-order valence-corrected chi connectivity index (χ4v) is 3.30. The summed E-state index contributed by atoms with van der Waals surface area (Å²) >= 11 is 1.71. The third kappa shape index (κ3) is 6.93. The zero-order valence-corrected chi connectivity index (χ0v) is 17.8. The van der Waals surface area contributed by atoms with Gasteiger partial charge in [-0.1, -0.05) is 20.8 Å². The van der Waals surface area contributed by atoms with Crippen LogP contribution in [0.5, 0.6) is 0 Å². The molecule has 23 heavy (non-hydrogen) atoms. The molecular formula is C16H30IN5S. The van der Waals surface area contributed by atoms with Gasteiger partial charge in [0.25, 0.3) is 0 Å². The lowest BCUT2D eigenvalue weighted by atomic mass is 10.2. The van der Waals surface area contributed by atoms with Crippen LogP contribution in [0.2, 0.25) is 0 Å². The summed E-state index contributed by atoms with van der Waals surface area (Å²) in [5.41, 5.74) is 1.17. The molecule has 2 N–H and O–H groups in total. The van der Waals surface area contributed by atoms with Gasteiger partial charge in [-0.05, 0) is 25.3 Å². The average Bonchev–Trinajstić information content (AvgIpc) is 3.23. The number of hydrogen-bond donors (Lipinski definition) is 2. The maximum Gasteiger partial charge on any atom is 0.191 e. The van der Waals surface area contributed by atoms with Gasteiger partial charge >= 0.3 is 0 Å². The van der Waals surface area contributed by atoms with E-state index in [4.69, 9.17) is 0 Å². The van der Waals surface area contributed by atoms with Crippen molar-refractivity contribution in [3.8, 4) is 0 Å². The van der Waals surface area contributed by atoms with Crippen LogP contribution in [0, 0.1) is 0 Å². The highest BCUT2D eigenvalue weighted by atomic mass is 127. The second-order valence-corrected chi connectivity index (χ2v) is 6.98. The molecule has 7 heteroatoms. The fourth-order valence-electron chi connectivity index (χ4n) is 2.41. The second-order valence-electron chi connectivity index (χ2n) is 6.03. The van der Waals surface area contributed by atoms with Crippen LogP contribution in [0.3, 0.4) is 0 Å². The lowest BCUT2D eigenvalue weighted by Gasteiger charge is -2.20. The lowest BCUT2D eigenvalue weighted by molar-refractivity contribution is 0.282. The smallest absolute Gasteiger partial charge is 0.191 e. The summed E-state index contributed by atoms with van der Waals surface area (Å²) in [7, 11) is 1.81. The highest BCUT2D eigenvalue weighted by Gasteiger charge is 2.27. The van der Waals surface area contributed by atoms with Crippen molar-refractivity contribution in [1.82, 2.24) is 20.5 Å². The van der Waals surface area contributed by atoms with Gasteiger partial charge in [0.2, 0.25) is 0 Å². The Labute approximate surface area is 161 Å². The first kappa shape index (κ1) is 20.6. The Morgan fingerprint density at radius 3 is 2.70 bits per heavy atom. The monoisotopic (exact) mass is 451 g/mol. The van der Waals surface area contributed by atoms with E-state index < -0.39 is 0 Å². The molecule has 132 valence electrons. The molecule has 0 aromatic carbocycles. The quantitative estimate of drug-likeness (QED) is 0.363. The minimum absolute atomic E-state index is 0. The topological polar surface area (TPSA) is 52.5 Å². The molecule has 1 aliphatic rings. The highest BCUT2D eigenvalue weighted by Crippen LogP contribution is 2.25. The van der Waals surface area contributed by atoms with Crippen LogP contribution in [-0.2, 0) is 6.54 Å². The second kappa shape index (κ2) is 10.5. The summed E-state index contributed by atoms with van der Waals surface area (Å²) in [6.07, 6.45) is 2.73. The molecule has 5 nitrogen and oxygen atoms in total. The molecule has 0 aliphatic heterocycles. The SMILES string of the molecule is CCN(CCNC(=NC)NCc1nc(C(C)C)cs1)C1CC1.I. The molecule has 0 atom stereocenters. The molecule has 0 unspecified atom stereocenters. The Balaban J connectivity index is 0.00000264. The molecule has 1 aliphatic carbocycles. The first-order chi connectivity index (χ1) is 10.6. The lowest BCUT2D eigenvalue weighted by Crippen LogP contribution is -2.41. The van der Waals surface area contributed by atoms with Gasteiger partial charge in [-0.3, -0.25) is 9.89 Å². The van der Waals surface area contributed by atoms with Gasteiger partial charge in [0.05, 0.1) is 12.2 Å². The molecule has 0 saturated heterocycles. The predicted molar refractivity (Wildman–Crippen MR) is 110 cm³/mol. The maximum atomic E-state index is 4.63. The van der Waals surface area contributed by atoms with Crippen LogP contribution in [0.25, 0.3) is 0 Å². The maximum absolute atomic E-state index is 4.63. The summed E-state index contributed by atoms with van der Waals surface area (Å²) in [5, 5.41) is 9.99. The number of halogens is 1. The standard InChI is InChI=1S/C16H29N5S.HI/c1-5-21(13-6-7-13)9-8-18-16(17-4)19-10-15-20-14(11-22-15)12(2)3;/h11-13H,5-10H2,1-4H3,(H2,17,18,19);1H. The minimum atomic E-state index is 0. The van der Waals surface area contributed by atoms with Crippen LogP contribution in [0.1, 0.15) is 50.2 Å². The first-order valence-electron chi connectivity index (χ1n) is 8.26. The van der Waals surface area contributed by atoms with Gasteiger partial charge in [0.1, 0.15) is 5.01 Å². The van der Waals surface area contributed by atoms with Crippen molar-refractivity contribution in [2.75, 3.05) is 26.7 Å². The van der Waals surface area contributed by atoms with Crippen molar-refractivity contribution in [2.45, 2.75) is 52.1 Å². The molecule has 0 spiro atoms. The van der Waals surface area contributed by atoms with Crippen molar-refractivity contribution < 1.29 is 0 Å². The number of likely N-dealkylation sites (N-methyl/N-ethyl adjacent to an activating group) is 1. The number of nitrogens with one attached hydrogen (secondary N) is 2. The van der Waals surface area contributed by atoms with Gasteiger partial charge in [-0.25, -0.2) is 4.98 Å². The normalized spacial score (nSPS) is 15.0. The highest BCUT2D eigenvalue weighted by molar-refractivity contribution is 14.0. The van der Waals surface area contributed by atoms with Crippen LogP contribution in [0.4, 0.5) is 0 Å². The molecule has 1 aromatic heterocycles. The van der Waals surface area contributed by atoms with E-state index in [2.05, 4.69) is 51.7 Å². The third-order valence-electron chi connectivity index (χ3n) is 3.95. The summed E-state index contributed by atoms with van der Waals surface area (Å²) in [5.74, 6) is 1.35. The van der Waals surface area contributed by atoms with E-state index in [1.165, 1.54) is 18.5 Å². The van der Waals surface area contributed by atoms with E-state index in [0.29, 0.717) is 5.92 Å². The van der Waals surface area contributed by atoms with E-state index in [0.717, 1.165) is 43.2 Å². The number of aromatic nitrogens is 1. The zero-order chi connectivity index (χ0) is 15.9. The molecule has 1 fully saturated rings. The minimum Gasteiger partial charge on any atom is -0.355 e. The van der Waals surface area contributed by atoms with Crippen molar-refractivity contribution in [1.29, 1.82) is 0 Å². The molecule has 0 radical (unpaired) electrons. The fraction of sp³-hybridized carbons (Fsp3) is 0.750. The number of rotatable bonds is 8.